The largest absolute Gasteiger partial charge is 0.484 e. The van der Waals surface area contributed by atoms with Gasteiger partial charge in [-0.25, -0.2) is 0 Å². The molecule has 2 rings (SSSR count). The fourth-order valence-corrected chi connectivity index (χ4v) is 2.44. The molecule has 0 saturated heterocycles. The zero-order chi connectivity index (χ0) is 19.8. The Balaban J connectivity index is 1.86. The molecular formula is C21H27N3O3. The van der Waals surface area contributed by atoms with Gasteiger partial charge in [0.05, 0.1) is 0 Å². The van der Waals surface area contributed by atoms with E-state index in [1.807, 2.05) is 18.2 Å². The first-order valence-electron chi connectivity index (χ1n) is 8.93. The molecule has 2 aromatic carbocycles. The summed E-state index contributed by atoms with van der Waals surface area (Å²) < 4.78 is 5.44. The number of nitrogens with zero attached hydrogens (tertiary/aromatic N) is 1. The Morgan fingerprint density at radius 3 is 2.30 bits per heavy atom. The van der Waals surface area contributed by atoms with Gasteiger partial charge in [0.1, 0.15) is 5.75 Å². The lowest BCUT2D eigenvalue weighted by molar-refractivity contribution is -0.123. The molecule has 0 bridgehead atoms. The van der Waals surface area contributed by atoms with Gasteiger partial charge in [0.15, 0.2) is 6.61 Å². The number of benzene rings is 2. The maximum absolute atomic E-state index is 12.1. The second-order valence-electron chi connectivity index (χ2n) is 6.73. The van der Waals surface area contributed by atoms with E-state index in [-0.39, 0.29) is 12.5 Å². The number of hydrogen-bond donors (Lipinski definition) is 2. The molecular weight excluding hydrogens is 342 g/mol. The van der Waals surface area contributed by atoms with Crippen molar-refractivity contribution in [2.24, 2.45) is 5.73 Å². The predicted molar refractivity (Wildman–Crippen MR) is 105 cm³/mol. The van der Waals surface area contributed by atoms with E-state index in [4.69, 9.17) is 10.5 Å². The van der Waals surface area contributed by atoms with Crippen LogP contribution < -0.4 is 15.8 Å². The van der Waals surface area contributed by atoms with Gasteiger partial charge in [-0.15, -0.1) is 0 Å². The molecule has 3 N–H and O–H groups in total. The Bertz CT molecular complexity index is 772. The number of hydrogen-bond acceptors (Lipinski definition) is 4. The number of carbonyl (C=O) groups is 2. The minimum atomic E-state index is -0.499. The number of primary amides is 1. The van der Waals surface area contributed by atoms with Gasteiger partial charge in [0, 0.05) is 24.7 Å². The van der Waals surface area contributed by atoms with Crippen LogP contribution in [0.2, 0.25) is 0 Å². The van der Waals surface area contributed by atoms with Crippen molar-refractivity contribution in [1.29, 1.82) is 0 Å². The molecule has 0 radical (unpaired) electrons. The molecule has 2 amide bonds. The van der Waals surface area contributed by atoms with E-state index in [9.17, 15) is 9.59 Å². The van der Waals surface area contributed by atoms with Crippen molar-refractivity contribution in [3.05, 3.63) is 65.2 Å². The van der Waals surface area contributed by atoms with Crippen LogP contribution in [-0.2, 0) is 17.9 Å². The van der Waals surface area contributed by atoms with E-state index in [0.717, 1.165) is 12.1 Å². The Labute approximate surface area is 160 Å². The Morgan fingerprint density at radius 2 is 1.70 bits per heavy atom. The summed E-state index contributed by atoms with van der Waals surface area (Å²) in [7, 11) is 2.08. The molecule has 0 unspecified atom stereocenters. The van der Waals surface area contributed by atoms with Crippen LogP contribution >= 0.6 is 0 Å². The van der Waals surface area contributed by atoms with Crippen LogP contribution in [0.15, 0.2) is 48.5 Å². The van der Waals surface area contributed by atoms with Gasteiger partial charge in [-0.1, -0.05) is 24.3 Å². The van der Waals surface area contributed by atoms with Crippen molar-refractivity contribution in [3.8, 4) is 5.75 Å². The van der Waals surface area contributed by atoms with E-state index in [1.165, 1.54) is 5.56 Å². The highest BCUT2D eigenvalue weighted by Gasteiger charge is 2.09. The van der Waals surface area contributed by atoms with Gasteiger partial charge in [-0.05, 0) is 56.3 Å². The minimum Gasteiger partial charge on any atom is -0.484 e. The number of ether oxygens (including phenoxy) is 1. The first-order chi connectivity index (χ1) is 12.9. The smallest absolute Gasteiger partial charge is 0.258 e. The van der Waals surface area contributed by atoms with Gasteiger partial charge >= 0.3 is 0 Å². The second kappa shape index (κ2) is 9.73. The van der Waals surface area contributed by atoms with Gasteiger partial charge in [0.25, 0.3) is 5.91 Å². The zero-order valence-corrected chi connectivity index (χ0v) is 16.1. The molecule has 0 aliphatic carbocycles. The third-order valence-electron chi connectivity index (χ3n) is 4.40. The van der Waals surface area contributed by atoms with Crippen LogP contribution in [0.4, 0.5) is 0 Å². The molecule has 27 heavy (non-hydrogen) atoms. The molecule has 0 aliphatic heterocycles. The van der Waals surface area contributed by atoms with Crippen molar-refractivity contribution < 1.29 is 14.3 Å². The highest BCUT2D eigenvalue weighted by Crippen LogP contribution is 2.13. The average Bonchev–Trinajstić information content (AvgIpc) is 2.65. The van der Waals surface area contributed by atoms with Gasteiger partial charge in [-0.2, -0.15) is 0 Å². The standard InChI is InChI=1S/C21H27N3O3/c1-15(2)24(3)13-18-7-5-4-6-17(18)12-23-20(25)14-27-19-10-8-16(9-11-19)21(22)26/h4-11,15H,12-14H2,1-3H3,(H2,22,26)(H,23,25). The summed E-state index contributed by atoms with van der Waals surface area (Å²) in [4.78, 5) is 25.4. The molecule has 6 heteroatoms. The van der Waals surface area contributed by atoms with Crippen molar-refractivity contribution in [2.75, 3.05) is 13.7 Å². The monoisotopic (exact) mass is 369 g/mol. The topological polar surface area (TPSA) is 84.7 Å². The van der Waals surface area contributed by atoms with E-state index >= 15 is 0 Å². The summed E-state index contributed by atoms with van der Waals surface area (Å²) in [5, 5.41) is 2.89. The Morgan fingerprint density at radius 1 is 1.07 bits per heavy atom. The lowest BCUT2D eigenvalue weighted by Gasteiger charge is -2.22. The van der Waals surface area contributed by atoms with E-state index in [1.54, 1.807) is 24.3 Å². The van der Waals surface area contributed by atoms with Crippen LogP contribution in [0, 0.1) is 0 Å². The molecule has 0 aliphatic rings. The SMILES string of the molecule is CC(C)N(C)Cc1ccccc1CNC(=O)COc1ccc(C(N)=O)cc1. The van der Waals surface area contributed by atoms with Gasteiger partial charge in [0.2, 0.25) is 5.91 Å². The highest BCUT2D eigenvalue weighted by atomic mass is 16.5. The van der Waals surface area contributed by atoms with Crippen LogP contribution in [-0.4, -0.2) is 36.4 Å². The van der Waals surface area contributed by atoms with Gasteiger partial charge < -0.3 is 15.8 Å². The van der Waals surface area contributed by atoms with Crippen molar-refractivity contribution in [1.82, 2.24) is 10.2 Å². The van der Waals surface area contributed by atoms with Crippen molar-refractivity contribution >= 4 is 11.8 Å². The predicted octanol–water partition coefficient (Wildman–Crippen LogP) is 2.32. The van der Waals surface area contributed by atoms with E-state index in [0.29, 0.717) is 23.9 Å². The van der Waals surface area contributed by atoms with E-state index in [2.05, 4.69) is 37.2 Å². The number of amides is 2. The molecule has 0 heterocycles. The normalized spacial score (nSPS) is 10.9. The number of rotatable bonds is 9. The second-order valence-corrected chi connectivity index (χ2v) is 6.73. The third-order valence-corrected chi connectivity index (χ3v) is 4.40. The van der Waals surface area contributed by atoms with Crippen LogP contribution in [0.3, 0.4) is 0 Å². The molecule has 0 spiro atoms. The summed E-state index contributed by atoms with van der Waals surface area (Å²) in [6.07, 6.45) is 0. The molecule has 0 aromatic heterocycles. The fraction of sp³-hybridized carbons (Fsp3) is 0.333. The van der Waals surface area contributed by atoms with E-state index < -0.39 is 5.91 Å². The Hall–Kier alpha value is -2.86. The number of nitrogens with one attached hydrogen (secondary N) is 1. The summed E-state index contributed by atoms with van der Waals surface area (Å²) in [6.45, 7) is 5.48. The maximum atomic E-state index is 12.1. The number of nitrogens with two attached hydrogens (primary N) is 1. The molecule has 0 fully saturated rings. The summed E-state index contributed by atoms with van der Waals surface area (Å²) in [5.41, 5.74) is 7.87. The first kappa shape index (κ1) is 20.5. The fourth-order valence-electron chi connectivity index (χ4n) is 2.44. The van der Waals surface area contributed by atoms with Crippen molar-refractivity contribution in [3.63, 3.8) is 0 Å². The third kappa shape index (κ3) is 6.42. The van der Waals surface area contributed by atoms with Gasteiger partial charge in [-0.3, -0.25) is 14.5 Å². The molecule has 6 nitrogen and oxygen atoms in total. The quantitative estimate of drug-likeness (QED) is 0.710. The Kier molecular flexibility index (Phi) is 7.37. The molecule has 2 aromatic rings. The molecule has 144 valence electrons. The van der Waals surface area contributed by atoms with Crippen LogP contribution in [0.5, 0.6) is 5.75 Å². The summed E-state index contributed by atoms with van der Waals surface area (Å²) in [5.74, 6) is -0.198. The van der Waals surface area contributed by atoms with Crippen LogP contribution in [0.1, 0.15) is 35.3 Å². The lowest BCUT2D eigenvalue weighted by atomic mass is 10.1. The minimum absolute atomic E-state index is 0.0933. The summed E-state index contributed by atoms with van der Waals surface area (Å²) >= 11 is 0. The first-order valence-corrected chi connectivity index (χ1v) is 8.93. The summed E-state index contributed by atoms with van der Waals surface area (Å²) in [6, 6.07) is 14.9. The molecule has 0 saturated carbocycles. The zero-order valence-electron chi connectivity index (χ0n) is 16.1. The van der Waals surface area contributed by atoms with Crippen LogP contribution in [0.25, 0.3) is 0 Å². The lowest BCUT2D eigenvalue weighted by Crippen LogP contribution is -2.30. The highest BCUT2D eigenvalue weighted by molar-refractivity contribution is 5.92. The maximum Gasteiger partial charge on any atom is 0.258 e. The van der Waals surface area contributed by atoms with Crippen molar-refractivity contribution in [2.45, 2.75) is 33.0 Å². The molecule has 0 atom stereocenters. The number of carbonyl (C=O) groups excluding carboxylic acids is 2. The average molecular weight is 369 g/mol.